The molecule has 0 radical (unpaired) electrons. The molecule has 0 saturated carbocycles. The van der Waals surface area contributed by atoms with Crippen molar-refractivity contribution in [1.82, 2.24) is 0 Å². The Hall–Kier alpha value is -0.900. The van der Waals surface area contributed by atoms with Crippen molar-refractivity contribution >= 4 is 0 Å². The fraction of sp³-hybridized carbons (Fsp3) is 0.600. The molecule has 0 aliphatic carbocycles. The second kappa shape index (κ2) is 5.39. The third-order valence-electron chi connectivity index (χ3n) is 4.23. The maximum Gasteiger partial charge on any atom is 0.0987 e. The zero-order valence-electron chi connectivity index (χ0n) is 11.1. The molecule has 2 unspecified atom stereocenters. The first kappa shape index (κ1) is 13.5. The molecule has 3 nitrogen and oxygen atoms in total. The zero-order chi connectivity index (χ0) is 13.1. The molecule has 0 amide bonds. The van der Waals surface area contributed by atoms with E-state index in [-0.39, 0.29) is 5.41 Å². The van der Waals surface area contributed by atoms with E-state index in [2.05, 4.69) is 6.92 Å². The van der Waals surface area contributed by atoms with Gasteiger partial charge in [-0.15, -0.1) is 0 Å². The Morgan fingerprint density at radius 1 is 1.39 bits per heavy atom. The van der Waals surface area contributed by atoms with E-state index < -0.39 is 5.60 Å². The molecule has 18 heavy (non-hydrogen) atoms. The monoisotopic (exact) mass is 249 g/mol. The Balaban J connectivity index is 2.43. The van der Waals surface area contributed by atoms with Gasteiger partial charge in [-0.1, -0.05) is 43.7 Å². The number of nitrogens with two attached hydrogens (primary N) is 1. The summed E-state index contributed by atoms with van der Waals surface area (Å²) in [6, 6.07) is 9.89. The lowest BCUT2D eigenvalue weighted by atomic mass is 9.65. The van der Waals surface area contributed by atoms with Gasteiger partial charge in [0.05, 0.1) is 12.2 Å². The molecule has 1 aromatic carbocycles. The summed E-state index contributed by atoms with van der Waals surface area (Å²) in [7, 11) is 0. The Kier molecular flexibility index (Phi) is 4.05. The first-order chi connectivity index (χ1) is 8.68. The molecule has 1 aromatic rings. The van der Waals surface area contributed by atoms with Gasteiger partial charge >= 0.3 is 0 Å². The van der Waals surface area contributed by atoms with E-state index in [0.29, 0.717) is 19.8 Å². The van der Waals surface area contributed by atoms with Crippen LogP contribution in [0.15, 0.2) is 30.3 Å². The van der Waals surface area contributed by atoms with Gasteiger partial charge in [0.15, 0.2) is 0 Å². The molecule has 2 rings (SSSR count). The second-order valence-corrected chi connectivity index (χ2v) is 5.26. The Bertz CT molecular complexity index is 373. The highest BCUT2D eigenvalue weighted by molar-refractivity contribution is 5.26. The fourth-order valence-corrected chi connectivity index (χ4v) is 3.05. The van der Waals surface area contributed by atoms with Crippen LogP contribution in [0.1, 0.15) is 31.7 Å². The number of rotatable bonds is 5. The van der Waals surface area contributed by atoms with E-state index in [0.717, 1.165) is 24.8 Å². The first-order valence-corrected chi connectivity index (χ1v) is 6.74. The van der Waals surface area contributed by atoms with E-state index in [9.17, 15) is 5.11 Å². The molecule has 3 heteroatoms. The van der Waals surface area contributed by atoms with Gasteiger partial charge in [-0.05, 0) is 18.4 Å². The minimum absolute atomic E-state index is 0.343. The number of hydrogen-bond acceptors (Lipinski definition) is 3. The fourth-order valence-electron chi connectivity index (χ4n) is 3.05. The van der Waals surface area contributed by atoms with E-state index >= 15 is 0 Å². The summed E-state index contributed by atoms with van der Waals surface area (Å²) >= 11 is 0. The lowest BCUT2D eigenvalue weighted by molar-refractivity contribution is -0.0964. The van der Waals surface area contributed by atoms with Crippen molar-refractivity contribution in [2.24, 2.45) is 11.1 Å². The first-order valence-electron chi connectivity index (χ1n) is 6.74. The molecule has 0 bridgehead atoms. The maximum absolute atomic E-state index is 11.3. The summed E-state index contributed by atoms with van der Waals surface area (Å²) in [6.45, 7) is 3.79. The third kappa shape index (κ3) is 2.07. The van der Waals surface area contributed by atoms with Crippen molar-refractivity contribution in [3.63, 3.8) is 0 Å². The predicted octanol–water partition coefficient (Wildman–Crippen LogP) is 2.04. The minimum Gasteiger partial charge on any atom is -0.384 e. The highest BCUT2D eigenvalue weighted by Crippen LogP contribution is 2.47. The number of benzene rings is 1. The largest absolute Gasteiger partial charge is 0.384 e. The van der Waals surface area contributed by atoms with Crippen LogP contribution < -0.4 is 5.73 Å². The van der Waals surface area contributed by atoms with E-state index in [1.165, 1.54) is 0 Å². The number of ether oxygens (including phenoxy) is 1. The van der Waals surface area contributed by atoms with Crippen molar-refractivity contribution in [2.45, 2.75) is 31.8 Å². The second-order valence-electron chi connectivity index (χ2n) is 5.26. The molecule has 0 spiro atoms. The predicted molar refractivity (Wildman–Crippen MR) is 72.2 cm³/mol. The Morgan fingerprint density at radius 3 is 2.61 bits per heavy atom. The van der Waals surface area contributed by atoms with Crippen molar-refractivity contribution in [2.75, 3.05) is 19.8 Å². The Labute approximate surface area is 109 Å². The average Bonchev–Trinajstić information content (AvgIpc) is 2.90. The highest BCUT2D eigenvalue weighted by Gasteiger charge is 2.52. The number of aliphatic hydroxyl groups is 1. The summed E-state index contributed by atoms with van der Waals surface area (Å²) in [4.78, 5) is 0. The molecule has 2 atom stereocenters. The van der Waals surface area contributed by atoms with Crippen LogP contribution in [-0.4, -0.2) is 24.9 Å². The van der Waals surface area contributed by atoms with Crippen molar-refractivity contribution in [1.29, 1.82) is 0 Å². The summed E-state index contributed by atoms with van der Waals surface area (Å²) < 4.78 is 5.53. The van der Waals surface area contributed by atoms with Gasteiger partial charge in [-0.25, -0.2) is 0 Å². The van der Waals surface area contributed by atoms with Crippen LogP contribution in [0.25, 0.3) is 0 Å². The molecular formula is C15H23NO2. The Morgan fingerprint density at radius 2 is 2.11 bits per heavy atom. The summed E-state index contributed by atoms with van der Waals surface area (Å²) in [5.41, 5.74) is 5.72. The van der Waals surface area contributed by atoms with Crippen LogP contribution in [0.5, 0.6) is 0 Å². The molecule has 3 N–H and O–H groups in total. The summed E-state index contributed by atoms with van der Waals surface area (Å²) in [6.07, 6.45) is 2.47. The van der Waals surface area contributed by atoms with Crippen LogP contribution in [-0.2, 0) is 10.3 Å². The van der Waals surface area contributed by atoms with Crippen LogP contribution in [0.4, 0.5) is 0 Å². The van der Waals surface area contributed by atoms with Gasteiger partial charge in [0.1, 0.15) is 0 Å². The SMILES string of the molecule is CCCC(O)(c1ccccc1)C1(CN)CCOC1. The van der Waals surface area contributed by atoms with Gasteiger partial charge in [-0.3, -0.25) is 0 Å². The quantitative estimate of drug-likeness (QED) is 0.839. The molecule has 0 aromatic heterocycles. The minimum atomic E-state index is -0.881. The zero-order valence-corrected chi connectivity index (χ0v) is 11.1. The lowest BCUT2D eigenvalue weighted by Crippen LogP contribution is -2.51. The molecule has 1 saturated heterocycles. The smallest absolute Gasteiger partial charge is 0.0987 e. The van der Waals surface area contributed by atoms with Crippen molar-refractivity contribution in [3.05, 3.63) is 35.9 Å². The molecular weight excluding hydrogens is 226 g/mol. The van der Waals surface area contributed by atoms with Crippen molar-refractivity contribution < 1.29 is 9.84 Å². The molecule has 1 aliphatic heterocycles. The molecule has 100 valence electrons. The van der Waals surface area contributed by atoms with Gasteiger partial charge in [0, 0.05) is 18.6 Å². The molecule has 1 aliphatic rings. The standard InChI is InChI=1S/C15H23NO2/c1-2-8-15(17,13-6-4-3-5-7-13)14(11-16)9-10-18-12-14/h3-7,17H,2,8-12,16H2,1H3. The third-order valence-corrected chi connectivity index (χ3v) is 4.23. The number of hydrogen-bond donors (Lipinski definition) is 2. The maximum atomic E-state index is 11.3. The van der Waals surface area contributed by atoms with Crippen LogP contribution in [0.2, 0.25) is 0 Å². The highest BCUT2D eigenvalue weighted by atomic mass is 16.5. The van der Waals surface area contributed by atoms with Crippen LogP contribution >= 0.6 is 0 Å². The summed E-state index contributed by atoms with van der Waals surface area (Å²) in [5, 5.41) is 11.3. The van der Waals surface area contributed by atoms with E-state index in [1.807, 2.05) is 30.3 Å². The summed E-state index contributed by atoms with van der Waals surface area (Å²) in [5.74, 6) is 0. The van der Waals surface area contributed by atoms with Crippen LogP contribution in [0, 0.1) is 5.41 Å². The lowest BCUT2D eigenvalue weighted by Gasteiger charge is -2.44. The normalized spacial score (nSPS) is 27.1. The van der Waals surface area contributed by atoms with Gasteiger partial charge in [0.2, 0.25) is 0 Å². The topological polar surface area (TPSA) is 55.5 Å². The molecule has 1 fully saturated rings. The van der Waals surface area contributed by atoms with Gasteiger partial charge < -0.3 is 15.6 Å². The average molecular weight is 249 g/mol. The van der Waals surface area contributed by atoms with E-state index in [4.69, 9.17) is 10.5 Å². The van der Waals surface area contributed by atoms with Gasteiger partial charge in [0.25, 0.3) is 0 Å². The van der Waals surface area contributed by atoms with Crippen LogP contribution in [0.3, 0.4) is 0 Å². The van der Waals surface area contributed by atoms with Gasteiger partial charge in [-0.2, -0.15) is 0 Å². The van der Waals surface area contributed by atoms with Crippen molar-refractivity contribution in [3.8, 4) is 0 Å². The molecule has 1 heterocycles. The van der Waals surface area contributed by atoms with E-state index in [1.54, 1.807) is 0 Å².